The summed E-state index contributed by atoms with van der Waals surface area (Å²) in [5, 5.41) is 4.66. The fourth-order valence-corrected chi connectivity index (χ4v) is 2.71. The molecule has 0 aliphatic rings. The molecule has 1 heterocycles. The predicted octanol–water partition coefficient (Wildman–Crippen LogP) is 2.81. The zero-order chi connectivity index (χ0) is 16.8. The summed E-state index contributed by atoms with van der Waals surface area (Å²) in [6, 6.07) is 15.1. The molecule has 7 heteroatoms. The number of fused-ring (bicyclic) bond motifs is 1. The van der Waals surface area contributed by atoms with Crippen molar-refractivity contribution in [2.45, 2.75) is 5.16 Å². The number of para-hydroxylation sites is 2. The van der Waals surface area contributed by atoms with E-state index in [1.165, 1.54) is 11.8 Å². The van der Waals surface area contributed by atoms with Gasteiger partial charge in [0.05, 0.1) is 30.1 Å². The number of amides is 1. The van der Waals surface area contributed by atoms with Crippen molar-refractivity contribution in [1.29, 1.82) is 0 Å². The van der Waals surface area contributed by atoms with E-state index in [4.69, 9.17) is 4.74 Å². The number of hydrogen-bond donors (Lipinski definition) is 2. The van der Waals surface area contributed by atoms with Crippen molar-refractivity contribution in [1.82, 2.24) is 15.4 Å². The number of methoxy groups -OCH3 is 1. The molecule has 122 valence electrons. The zero-order valence-electron chi connectivity index (χ0n) is 13.0. The molecule has 2 aromatic carbocycles. The first-order chi connectivity index (χ1) is 11.7. The molecule has 0 fully saturated rings. The van der Waals surface area contributed by atoms with Gasteiger partial charge in [0, 0.05) is 0 Å². The lowest BCUT2D eigenvalue weighted by molar-refractivity contribution is -0.118. The Labute approximate surface area is 143 Å². The van der Waals surface area contributed by atoms with Crippen LogP contribution in [0, 0.1) is 0 Å². The number of nitrogens with zero attached hydrogens (tertiary/aromatic N) is 2. The molecule has 24 heavy (non-hydrogen) atoms. The molecule has 2 N–H and O–H groups in total. The Morgan fingerprint density at radius 3 is 2.83 bits per heavy atom. The van der Waals surface area contributed by atoms with Crippen molar-refractivity contribution in [3.63, 3.8) is 0 Å². The first-order valence-electron chi connectivity index (χ1n) is 7.28. The lowest BCUT2D eigenvalue weighted by atomic mass is 10.2. The molecule has 0 bridgehead atoms. The van der Waals surface area contributed by atoms with Crippen LogP contribution in [0.25, 0.3) is 11.0 Å². The Morgan fingerprint density at radius 2 is 2.08 bits per heavy atom. The third kappa shape index (κ3) is 4.14. The summed E-state index contributed by atoms with van der Waals surface area (Å²) in [4.78, 5) is 19.4. The van der Waals surface area contributed by atoms with Gasteiger partial charge in [-0.15, -0.1) is 0 Å². The Balaban J connectivity index is 1.49. The number of benzene rings is 2. The molecule has 0 aliphatic carbocycles. The molecule has 0 aliphatic heterocycles. The molecule has 6 nitrogen and oxygen atoms in total. The van der Waals surface area contributed by atoms with Gasteiger partial charge in [-0.2, -0.15) is 5.10 Å². The molecule has 0 unspecified atom stereocenters. The van der Waals surface area contributed by atoms with Gasteiger partial charge in [0.15, 0.2) is 5.16 Å². The highest BCUT2D eigenvalue weighted by molar-refractivity contribution is 7.99. The summed E-state index contributed by atoms with van der Waals surface area (Å²) >= 11 is 1.34. The number of H-pyrrole nitrogens is 1. The summed E-state index contributed by atoms with van der Waals surface area (Å²) in [6.45, 7) is 0. The van der Waals surface area contributed by atoms with Crippen LogP contribution in [0.4, 0.5) is 0 Å². The second-order valence-corrected chi connectivity index (χ2v) is 5.88. The highest BCUT2D eigenvalue weighted by Gasteiger charge is 2.06. The fourth-order valence-electron chi connectivity index (χ4n) is 2.03. The van der Waals surface area contributed by atoms with Crippen LogP contribution in [-0.2, 0) is 4.79 Å². The van der Waals surface area contributed by atoms with Crippen LogP contribution in [0.1, 0.15) is 5.56 Å². The minimum absolute atomic E-state index is 0.190. The first-order valence-corrected chi connectivity index (χ1v) is 8.26. The molecule has 3 aromatic rings. The van der Waals surface area contributed by atoms with Gasteiger partial charge in [-0.05, 0) is 42.0 Å². The Morgan fingerprint density at radius 1 is 1.29 bits per heavy atom. The van der Waals surface area contributed by atoms with E-state index in [1.807, 2.05) is 48.5 Å². The summed E-state index contributed by atoms with van der Waals surface area (Å²) in [5.74, 6) is 0.823. The normalized spacial score (nSPS) is 11.0. The minimum atomic E-state index is -0.190. The van der Waals surface area contributed by atoms with E-state index in [9.17, 15) is 4.79 Å². The van der Waals surface area contributed by atoms with Crippen LogP contribution in [0.2, 0.25) is 0 Å². The van der Waals surface area contributed by atoms with E-state index in [-0.39, 0.29) is 11.7 Å². The van der Waals surface area contributed by atoms with Crippen LogP contribution < -0.4 is 10.2 Å². The third-order valence-corrected chi connectivity index (χ3v) is 4.10. The number of rotatable bonds is 6. The number of aromatic nitrogens is 2. The van der Waals surface area contributed by atoms with Crippen LogP contribution in [0.5, 0.6) is 5.75 Å². The molecule has 0 saturated heterocycles. The maximum absolute atomic E-state index is 11.8. The number of imidazole rings is 1. The van der Waals surface area contributed by atoms with Gasteiger partial charge in [0.25, 0.3) is 5.91 Å². The van der Waals surface area contributed by atoms with E-state index in [0.717, 1.165) is 22.3 Å². The molecule has 3 rings (SSSR count). The first kappa shape index (κ1) is 16.1. The molecular weight excluding hydrogens is 324 g/mol. The number of carbonyl (C=O) groups excluding carboxylic acids is 1. The van der Waals surface area contributed by atoms with Crippen LogP contribution in [0.15, 0.2) is 58.8 Å². The van der Waals surface area contributed by atoms with E-state index in [0.29, 0.717) is 5.16 Å². The summed E-state index contributed by atoms with van der Waals surface area (Å²) in [7, 11) is 1.61. The lowest BCUT2D eigenvalue weighted by Crippen LogP contribution is -2.19. The predicted molar refractivity (Wildman–Crippen MR) is 95.5 cm³/mol. The van der Waals surface area contributed by atoms with Crippen LogP contribution >= 0.6 is 11.8 Å². The largest absolute Gasteiger partial charge is 0.497 e. The van der Waals surface area contributed by atoms with Crippen molar-refractivity contribution >= 4 is 34.9 Å². The molecular formula is C17H16N4O2S. The van der Waals surface area contributed by atoms with Crippen molar-refractivity contribution < 1.29 is 9.53 Å². The maximum atomic E-state index is 11.8. The topological polar surface area (TPSA) is 79.4 Å². The SMILES string of the molecule is COc1ccc(/C=N/NC(=O)CSc2nc3ccccc3[nH]2)cc1. The second kappa shape index (κ2) is 7.65. The number of nitrogens with one attached hydrogen (secondary N) is 2. The average molecular weight is 340 g/mol. The number of ether oxygens (including phenoxy) is 1. The van der Waals surface area contributed by atoms with E-state index < -0.39 is 0 Å². The average Bonchev–Trinajstić information content (AvgIpc) is 3.03. The summed E-state index contributed by atoms with van der Waals surface area (Å²) in [5.41, 5.74) is 5.22. The van der Waals surface area contributed by atoms with Crippen LogP contribution in [0.3, 0.4) is 0 Å². The molecule has 0 spiro atoms. The van der Waals surface area contributed by atoms with Crippen molar-refractivity contribution in [3.8, 4) is 5.75 Å². The smallest absolute Gasteiger partial charge is 0.250 e. The van der Waals surface area contributed by atoms with Gasteiger partial charge in [-0.3, -0.25) is 4.79 Å². The minimum Gasteiger partial charge on any atom is -0.497 e. The van der Waals surface area contributed by atoms with Gasteiger partial charge >= 0.3 is 0 Å². The number of thioether (sulfide) groups is 1. The van der Waals surface area contributed by atoms with E-state index >= 15 is 0 Å². The number of hydrazone groups is 1. The number of aromatic amines is 1. The quantitative estimate of drug-likeness (QED) is 0.411. The van der Waals surface area contributed by atoms with Gasteiger partial charge in [0.1, 0.15) is 5.75 Å². The number of hydrogen-bond acceptors (Lipinski definition) is 5. The van der Waals surface area contributed by atoms with Crippen molar-refractivity contribution in [2.75, 3.05) is 12.9 Å². The standard InChI is InChI=1S/C17H16N4O2S/c1-23-13-8-6-12(7-9-13)10-18-21-16(22)11-24-17-19-14-4-2-3-5-15(14)20-17/h2-10H,11H2,1H3,(H,19,20)(H,21,22)/b18-10+. The van der Waals surface area contributed by atoms with E-state index in [1.54, 1.807) is 13.3 Å². The fraction of sp³-hybridized carbons (Fsp3) is 0.118. The van der Waals surface area contributed by atoms with Gasteiger partial charge in [-0.25, -0.2) is 10.4 Å². The molecule has 1 amide bonds. The van der Waals surface area contributed by atoms with Gasteiger partial charge in [-0.1, -0.05) is 23.9 Å². The zero-order valence-corrected chi connectivity index (χ0v) is 13.8. The third-order valence-electron chi connectivity index (χ3n) is 3.23. The summed E-state index contributed by atoms with van der Waals surface area (Å²) in [6.07, 6.45) is 1.59. The van der Waals surface area contributed by atoms with Gasteiger partial charge < -0.3 is 9.72 Å². The van der Waals surface area contributed by atoms with Gasteiger partial charge in [0.2, 0.25) is 0 Å². The second-order valence-electron chi connectivity index (χ2n) is 4.91. The highest BCUT2D eigenvalue weighted by Crippen LogP contribution is 2.18. The molecule has 0 radical (unpaired) electrons. The van der Waals surface area contributed by atoms with Crippen LogP contribution in [-0.4, -0.2) is 35.0 Å². The van der Waals surface area contributed by atoms with Crippen molar-refractivity contribution in [3.05, 3.63) is 54.1 Å². The maximum Gasteiger partial charge on any atom is 0.250 e. The molecule has 0 saturated carbocycles. The monoisotopic (exact) mass is 340 g/mol. The lowest BCUT2D eigenvalue weighted by Gasteiger charge is -2.00. The Kier molecular flexibility index (Phi) is 5.12. The number of carbonyl (C=O) groups is 1. The Hall–Kier alpha value is -2.80. The van der Waals surface area contributed by atoms with E-state index in [2.05, 4.69) is 20.5 Å². The highest BCUT2D eigenvalue weighted by atomic mass is 32.2. The Bertz CT molecular complexity index is 825. The summed E-state index contributed by atoms with van der Waals surface area (Å²) < 4.78 is 5.08. The molecule has 0 atom stereocenters. The molecule has 1 aromatic heterocycles. The van der Waals surface area contributed by atoms with Crippen molar-refractivity contribution in [2.24, 2.45) is 5.10 Å².